The average molecular weight is 319 g/mol. The Labute approximate surface area is 121 Å². The van der Waals surface area contributed by atoms with Crippen molar-refractivity contribution in [3.05, 3.63) is 58.3 Å². The Hall–Kier alpha value is -1.68. The van der Waals surface area contributed by atoms with Gasteiger partial charge in [0.05, 0.1) is 0 Å². The van der Waals surface area contributed by atoms with Crippen molar-refractivity contribution in [1.29, 1.82) is 0 Å². The maximum absolute atomic E-state index is 12.5. The molecule has 0 atom stereocenters. The zero-order valence-corrected chi connectivity index (χ0v) is 12.5. The van der Waals surface area contributed by atoms with Gasteiger partial charge in [-0.1, -0.05) is 15.9 Å². The minimum Gasteiger partial charge on any atom is -0.309 e. The lowest BCUT2D eigenvalue weighted by Gasteiger charge is -2.21. The van der Waals surface area contributed by atoms with Crippen LogP contribution in [-0.4, -0.2) is 17.4 Å². The van der Waals surface area contributed by atoms with Gasteiger partial charge in [0.15, 0.2) is 0 Å². The summed E-state index contributed by atoms with van der Waals surface area (Å²) in [6, 6.07) is 9.32. The predicted octanol–water partition coefficient (Wildman–Crippen LogP) is 3.82. The third kappa shape index (κ3) is 3.01. The molecular formula is C15H15BrN2O. The van der Waals surface area contributed by atoms with Crippen molar-refractivity contribution in [1.82, 2.24) is 4.98 Å². The van der Waals surface area contributed by atoms with E-state index in [4.69, 9.17) is 0 Å². The van der Waals surface area contributed by atoms with E-state index in [-0.39, 0.29) is 5.91 Å². The lowest BCUT2D eigenvalue weighted by molar-refractivity contribution is 0.0988. The van der Waals surface area contributed by atoms with Gasteiger partial charge < -0.3 is 4.90 Å². The molecule has 0 aliphatic carbocycles. The molecule has 2 aromatic rings. The van der Waals surface area contributed by atoms with Gasteiger partial charge >= 0.3 is 0 Å². The standard InChI is InChI=1S/C15H15BrN2O/c1-3-18(13-6-8-17-9-7-13)15(19)12-4-5-14(16)11(2)10-12/h4-10H,3H2,1-2H3. The van der Waals surface area contributed by atoms with Crippen LogP contribution in [0.5, 0.6) is 0 Å². The maximum Gasteiger partial charge on any atom is 0.258 e. The third-order valence-electron chi connectivity index (χ3n) is 2.94. The minimum absolute atomic E-state index is 0.00398. The normalized spacial score (nSPS) is 10.3. The van der Waals surface area contributed by atoms with Gasteiger partial charge in [-0.3, -0.25) is 9.78 Å². The first-order valence-corrected chi connectivity index (χ1v) is 6.91. The van der Waals surface area contributed by atoms with Gasteiger partial charge in [0.1, 0.15) is 0 Å². The number of carbonyl (C=O) groups excluding carboxylic acids is 1. The minimum atomic E-state index is 0.00398. The molecule has 4 heteroatoms. The molecule has 0 saturated carbocycles. The molecule has 19 heavy (non-hydrogen) atoms. The van der Waals surface area contributed by atoms with Crippen LogP contribution in [0.2, 0.25) is 0 Å². The van der Waals surface area contributed by atoms with E-state index in [0.29, 0.717) is 12.1 Å². The number of aryl methyl sites for hydroxylation is 1. The fraction of sp³-hybridized carbons (Fsp3) is 0.200. The zero-order valence-electron chi connectivity index (χ0n) is 10.9. The van der Waals surface area contributed by atoms with Crippen molar-refractivity contribution >= 4 is 27.5 Å². The number of carbonyl (C=O) groups is 1. The fourth-order valence-corrected chi connectivity index (χ4v) is 2.15. The number of hydrogen-bond acceptors (Lipinski definition) is 2. The van der Waals surface area contributed by atoms with Crippen molar-refractivity contribution in [3.8, 4) is 0 Å². The van der Waals surface area contributed by atoms with Gasteiger partial charge in [0.25, 0.3) is 5.91 Å². The first-order chi connectivity index (χ1) is 9.13. The third-order valence-corrected chi connectivity index (χ3v) is 3.83. The number of pyridine rings is 1. The summed E-state index contributed by atoms with van der Waals surface area (Å²) in [4.78, 5) is 18.2. The molecule has 0 unspecified atom stereocenters. The van der Waals surface area contributed by atoms with E-state index >= 15 is 0 Å². The molecule has 0 bridgehead atoms. The van der Waals surface area contributed by atoms with Gasteiger partial charge in [0.2, 0.25) is 0 Å². The largest absolute Gasteiger partial charge is 0.309 e. The smallest absolute Gasteiger partial charge is 0.258 e. The fourth-order valence-electron chi connectivity index (χ4n) is 1.90. The molecular weight excluding hydrogens is 304 g/mol. The summed E-state index contributed by atoms with van der Waals surface area (Å²) in [6.07, 6.45) is 3.39. The second-order valence-electron chi connectivity index (χ2n) is 4.22. The van der Waals surface area contributed by atoms with Crippen molar-refractivity contribution in [2.45, 2.75) is 13.8 Å². The molecule has 0 radical (unpaired) electrons. The number of halogens is 1. The summed E-state index contributed by atoms with van der Waals surface area (Å²) in [5.41, 5.74) is 2.61. The topological polar surface area (TPSA) is 33.2 Å². The number of aromatic nitrogens is 1. The molecule has 1 aromatic carbocycles. The van der Waals surface area contributed by atoms with E-state index in [1.807, 2.05) is 44.2 Å². The molecule has 0 saturated heterocycles. The summed E-state index contributed by atoms with van der Waals surface area (Å²) < 4.78 is 1.01. The highest BCUT2D eigenvalue weighted by atomic mass is 79.9. The Morgan fingerprint density at radius 1 is 1.26 bits per heavy atom. The first kappa shape index (κ1) is 13.7. The van der Waals surface area contributed by atoms with Crippen molar-refractivity contribution in [3.63, 3.8) is 0 Å². The second-order valence-corrected chi connectivity index (χ2v) is 5.07. The second kappa shape index (κ2) is 5.97. The molecule has 0 N–H and O–H groups in total. The van der Waals surface area contributed by atoms with Crippen LogP contribution in [0, 0.1) is 6.92 Å². The molecule has 1 heterocycles. The van der Waals surface area contributed by atoms with Crippen LogP contribution < -0.4 is 4.90 Å². The maximum atomic E-state index is 12.5. The van der Waals surface area contributed by atoms with Crippen LogP contribution in [0.15, 0.2) is 47.2 Å². The Bertz CT molecular complexity index is 584. The van der Waals surface area contributed by atoms with Crippen LogP contribution >= 0.6 is 15.9 Å². The molecule has 0 spiro atoms. The van der Waals surface area contributed by atoms with Gasteiger partial charge in [-0.2, -0.15) is 0 Å². The average Bonchev–Trinajstić information content (AvgIpc) is 2.44. The van der Waals surface area contributed by atoms with Crippen LogP contribution in [0.1, 0.15) is 22.8 Å². The number of anilines is 1. The predicted molar refractivity (Wildman–Crippen MR) is 80.5 cm³/mol. The Morgan fingerprint density at radius 3 is 2.53 bits per heavy atom. The van der Waals surface area contributed by atoms with E-state index in [0.717, 1.165) is 15.7 Å². The molecule has 3 nitrogen and oxygen atoms in total. The van der Waals surface area contributed by atoms with E-state index in [9.17, 15) is 4.79 Å². The van der Waals surface area contributed by atoms with Gasteiger partial charge in [-0.05, 0) is 49.7 Å². The van der Waals surface area contributed by atoms with Gasteiger partial charge in [-0.15, -0.1) is 0 Å². The van der Waals surface area contributed by atoms with Crippen molar-refractivity contribution in [2.24, 2.45) is 0 Å². The first-order valence-electron chi connectivity index (χ1n) is 6.11. The monoisotopic (exact) mass is 318 g/mol. The molecule has 1 amide bonds. The highest BCUT2D eigenvalue weighted by Crippen LogP contribution is 2.20. The van der Waals surface area contributed by atoms with E-state index in [1.165, 1.54) is 0 Å². The van der Waals surface area contributed by atoms with E-state index < -0.39 is 0 Å². The quantitative estimate of drug-likeness (QED) is 0.862. The zero-order chi connectivity index (χ0) is 13.8. The van der Waals surface area contributed by atoms with Crippen LogP contribution in [-0.2, 0) is 0 Å². The molecule has 0 aliphatic rings. The number of benzene rings is 1. The summed E-state index contributed by atoms with van der Waals surface area (Å²) >= 11 is 3.44. The van der Waals surface area contributed by atoms with Gasteiger partial charge in [-0.25, -0.2) is 0 Å². The molecule has 0 fully saturated rings. The van der Waals surface area contributed by atoms with Crippen LogP contribution in [0.4, 0.5) is 5.69 Å². The number of amides is 1. The van der Waals surface area contributed by atoms with Gasteiger partial charge in [0, 0.05) is 34.7 Å². The van der Waals surface area contributed by atoms with Crippen molar-refractivity contribution < 1.29 is 4.79 Å². The summed E-state index contributed by atoms with van der Waals surface area (Å²) in [6.45, 7) is 4.56. The number of hydrogen-bond donors (Lipinski definition) is 0. The summed E-state index contributed by atoms with van der Waals surface area (Å²) in [7, 11) is 0. The SMILES string of the molecule is CCN(C(=O)c1ccc(Br)c(C)c1)c1ccncc1. The number of rotatable bonds is 3. The van der Waals surface area contributed by atoms with E-state index in [2.05, 4.69) is 20.9 Å². The molecule has 98 valence electrons. The van der Waals surface area contributed by atoms with Crippen LogP contribution in [0.3, 0.4) is 0 Å². The number of nitrogens with zero attached hydrogens (tertiary/aromatic N) is 2. The van der Waals surface area contributed by atoms with Crippen LogP contribution in [0.25, 0.3) is 0 Å². The molecule has 0 aliphatic heterocycles. The lowest BCUT2D eigenvalue weighted by atomic mass is 10.1. The Morgan fingerprint density at radius 2 is 1.95 bits per heavy atom. The van der Waals surface area contributed by atoms with E-state index in [1.54, 1.807) is 17.3 Å². The Kier molecular flexibility index (Phi) is 4.32. The lowest BCUT2D eigenvalue weighted by Crippen LogP contribution is -2.30. The highest BCUT2D eigenvalue weighted by Gasteiger charge is 2.16. The molecule has 1 aromatic heterocycles. The Balaban J connectivity index is 2.33. The highest BCUT2D eigenvalue weighted by molar-refractivity contribution is 9.10. The summed E-state index contributed by atoms with van der Waals surface area (Å²) in [5, 5.41) is 0. The molecule has 2 rings (SSSR count). The van der Waals surface area contributed by atoms with Crippen molar-refractivity contribution in [2.75, 3.05) is 11.4 Å². The summed E-state index contributed by atoms with van der Waals surface area (Å²) in [5.74, 6) is 0.00398.